The molecule has 29 heavy (non-hydrogen) atoms. The molecule has 2 aromatic carbocycles. The molecule has 4 rings (SSSR count). The summed E-state index contributed by atoms with van der Waals surface area (Å²) in [5, 5.41) is 5.77. The van der Waals surface area contributed by atoms with Gasteiger partial charge in [0.25, 0.3) is 5.91 Å². The van der Waals surface area contributed by atoms with E-state index in [-0.39, 0.29) is 5.91 Å². The Balaban J connectivity index is 1.38. The van der Waals surface area contributed by atoms with E-state index in [1.807, 2.05) is 5.38 Å². The second-order valence-electron chi connectivity index (χ2n) is 6.00. The number of hydrogen-bond acceptors (Lipinski definition) is 7. The van der Waals surface area contributed by atoms with Crippen LogP contribution in [0.25, 0.3) is 0 Å². The smallest absolute Gasteiger partial charge is 0.353 e. The number of nitrogens with zero attached hydrogens (tertiary/aromatic N) is 1. The van der Waals surface area contributed by atoms with Gasteiger partial charge in [0.15, 0.2) is 11.5 Å². The summed E-state index contributed by atoms with van der Waals surface area (Å²) in [6, 6.07) is 15.3. The van der Waals surface area contributed by atoms with E-state index < -0.39 is 5.97 Å². The lowest BCUT2D eigenvalue weighted by Gasteiger charge is -2.18. The quantitative estimate of drug-likeness (QED) is 0.302. The summed E-state index contributed by atoms with van der Waals surface area (Å²) in [7, 11) is 0. The first kappa shape index (κ1) is 18.7. The molecule has 1 aromatic heterocycles. The number of nitrogens with one attached hydrogen (secondary N) is 1. The third-order valence-corrected chi connectivity index (χ3v) is 4.82. The van der Waals surface area contributed by atoms with Crippen LogP contribution in [0, 0.1) is 0 Å². The van der Waals surface area contributed by atoms with Gasteiger partial charge in [-0.2, -0.15) is 5.10 Å². The topological polar surface area (TPSA) is 86.2 Å². The zero-order valence-electron chi connectivity index (χ0n) is 15.2. The minimum absolute atomic E-state index is 0.376. The van der Waals surface area contributed by atoms with Crippen LogP contribution < -0.4 is 19.6 Å². The second-order valence-corrected chi connectivity index (χ2v) is 6.94. The highest BCUT2D eigenvalue weighted by Gasteiger charge is 2.14. The molecule has 0 saturated carbocycles. The zero-order valence-corrected chi connectivity index (χ0v) is 16.0. The molecule has 0 atom stereocenters. The average Bonchev–Trinajstić information content (AvgIpc) is 3.29. The first-order valence-corrected chi connectivity index (χ1v) is 9.66. The zero-order chi connectivity index (χ0) is 20.1. The molecule has 1 aliphatic rings. The van der Waals surface area contributed by atoms with Gasteiger partial charge < -0.3 is 14.2 Å². The van der Waals surface area contributed by atoms with Gasteiger partial charge in [0.2, 0.25) is 0 Å². The van der Waals surface area contributed by atoms with E-state index in [0.29, 0.717) is 46.5 Å². The lowest BCUT2D eigenvalue weighted by Crippen LogP contribution is -2.19. The van der Waals surface area contributed by atoms with Crippen LogP contribution in [-0.4, -0.2) is 31.3 Å². The minimum atomic E-state index is -0.416. The predicted molar refractivity (Wildman–Crippen MR) is 108 cm³/mol. The maximum absolute atomic E-state index is 12.3. The lowest BCUT2D eigenvalue weighted by atomic mass is 10.2. The fraction of sp³-hybridized carbons (Fsp3) is 0.0952. The predicted octanol–water partition coefficient (Wildman–Crippen LogP) is 3.50. The van der Waals surface area contributed by atoms with Crippen molar-refractivity contribution in [3.05, 3.63) is 76.0 Å². The SMILES string of the molecule is O=C(N/N=C\c1cccc(OC(=O)c2cccs2)c1)c1ccc2c(c1)OCCO2. The minimum Gasteiger partial charge on any atom is -0.486 e. The van der Waals surface area contributed by atoms with E-state index in [0.717, 1.165) is 0 Å². The van der Waals surface area contributed by atoms with Crippen LogP contribution in [0.1, 0.15) is 25.6 Å². The number of ether oxygens (including phenoxy) is 3. The summed E-state index contributed by atoms with van der Waals surface area (Å²) in [6.45, 7) is 0.939. The molecule has 0 saturated heterocycles. The number of hydrazone groups is 1. The summed E-state index contributed by atoms with van der Waals surface area (Å²) < 4.78 is 16.3. The van der Waals surface area contributed by atoms with Crippen LogP contribution in [0.3, 0.4) is 0 Å². The normalized spacial score (nSPS) is 12.6. The fourth-order valence-electron chi connectivity index (χ4n) is 2.62. The lowest BCUT2D eigenvalue weighted by molar-refractivity contribution is 0.0739. The largest absolute Gasteiger partial charge is 0.486 e. The van der Waals surface area contributed by atoms with Crippen molar-refractivity contribution < 1.29 is 23.8 Å². The van der Waals surface area contributed by atoms with Crippen LogP contribution in [0.2, 0.25) is 0 Å². The van der Waals surface area contributed by atoms with Crippen molar-refractivity contribution in [1.29, 1.82) is 0 Å². The Morgan fingerprint density at radius 3 is 2.72 bits per heavy atom. The van der Waals surface area contributed by atoms with Crippen molar-refractivity contribution in [3.8, 4) is 17.2 Å². The average molecular weight is 408 g/mol. The van der Waals surface area contributed by atoms with Crippen molar-refractivity contribution in [2.75, 3.05) is 13.2 Å². The van der Waals surface area contributed by atoms with Crippen molar-refractivity contribution in [2.45, 2.75) is 0 Å². The van der Waals surface area contributed by atoms with Gasteiger partial charge in [-0.15, -0.1) is 11.3 Å². The third kappa shape index (κ3) is 4.61. The molecule has 0 aliphatic carbocycles. The summed E-state index contributed by atoms with van der Waals surface area (Å²) in [4.78, 5) is 24.8. The van der Waals surface area contributed by atoms with E-state index >= 15 is 0 Å². The van der Waals surface area contributed by atoms with Crippen molar-refractivity contribution >= 4 is 29.4 Å². The molecule has 3 aromatic rings. The summed E-state index contributed by atoms with van der Waals surface area (Å²) >= 11 is 1.31. The van der Waals surface area contributed by atoms with Crippen LogP contribution in [0.15, 0.2) is 65.1 Å². The van der Waals surface area contributed by atoms with Crippen LogP contribution in [0.4, 0.5) is 0 Å². The molecule has 1 N–H and O–H groups in total. The van der Waals surface area contributed by atoms with E-state index in [1.54, 1.807) is 54.6 Å². The molecule has 0 fully saturated rings. The number of rotatable bonds is 5. The standard InChI is InChI=1S/C21H16N2O5S/c24-20(15-6-7-17-18(12-15)27-9-8-26-17)23-22-13-14-3-1-4-16(11-14)28-21(25)19-5-2-10-29-19/h1-7,10-13H,8-9H2,(H,23,24)/b22-13-. The highest BCUT2D eigenvalue weighted by atomic mass is 32.1. The molecular formula is C21H16N2O5S. The van der Waals surface area contributed by atoms with Crippen molar-refractivity contribution in [2.24, 2.45) is 5.10 Å². The molecule has 146 valence electrons. The van der Waals surface area contributed by atoms with Gasteiger partial charge in [-0.3, -0.25) is 4.79 Å². The van der Waals surface area contributed by atoms with Gasteiger partial charge in [-0.05, 0) is 47.3 Å². The molecule has 0 unspecified atom stereocenters. The Morgan fingerprint density at radius 1 is 1.03 bits per heavy atom. The van der Waals surface area contributed by atoms with E-state index in [2.05, 4.69) is 10.5 Å². The Kier molecular flexibility index (Phi) is 5.53. The van der Waals surface area contributed by atoms with Gasteiger partial charge in [0, 0.05) is 5.56 Å². The van der Waals surface area contributed by atoms with Gasteiger partial charge in [0.1, 0.15) is 23.8 Å². The van der Waals surface area contributed by atoms with Crippen LogP contribution >= 0.6 is 11.3 Å². The van der Waals surface area contributed by atoms with Crippen LogP contribution in [0.5, 0.6) is 17.2 Å². The second kappa shape index (κ2) is 8.57. The van der Waals surface area contributed by atoms with Gasteiger partial charge in [0.05, 0.1) is 6.21 Å². The van der Waals surface area contributed by atoms with E-state index in [1.165, 1.54) is 17.6 Å². The van der Waals surface area contributed by atoms with Gasteiger partial charge >= 0.3 is 5.97 Å². The molecule has 0 bridgehead atoms. The Morgan fingerprint density at radius 2 is 1.90 bits per heavy atom. The first-order valence-electron chi connectivity index (χ1n) is 8.78. The summed E-state index contributed by atoms with van der Waals surface area (Å²) in [5.74, 6) is 0.753. The molecule has 0 radical (unpaired) electrons. The third-order valence-electron chi connectivity index (χ3n) is 3.98. The summed E-state index contributed by atoms with van der Waals surface area (Å²) in [5.41, 5.74) is 3.54. The monoisotopic (exact) mass is 408 g/mol. The fourth-order valence-corrected chi connectivity index (χ4v) is 3.22. The molecule has 7 nitrogen and oxygen atoms in total. The maximum Gasteiger partial charge on any atom is 0.353 e. The number of esters is 1. The first-order chi connectivity index (χ1) is 14.2. The number of amides is 1. The number of carbonyl (C=O) groups is 2. The Hall–Kier alpha value is -3.65. The highest BCUT2D eigenvalue weighted by Crippen LogP contribution is 2.30. The Labute approximate surface area is 170 Å². The van der Waals surface area contributed by atoms with E-state index in [9.17, 15) is 9.59 Å². The van der Waals surface area contributed by atoms with Crippen molar-refractivity contribution in [1.82, 2.24) is 5.43 Å². The molecule has 2 heterocycles. The molecule has 0 spiro atoms. The van der Waals surface area contributed by atoms with Gasteiger partial charge in [-0.25, -0.2) is 10.2 Å². The molecule has 8 heteroatoms. The maximum atomic E-state index is 12.3. The number of fused-ring (bicyclic) bond motifs is 1. The summed E-state index contributed by atoms with van der Waals surface area (Å²) in [6.07, 6.45) is 1.47. The number of hydrogen-bond donors (Lipinski definition) is 1. The van der Waals surface area contributed by atoms with Gasteiger partial charge in [-0.1, -0.05) is 18.2 Å². The van der Waals surface area contributed by atoms with E-state index in [4.69, 9.17) is 14.2 Å². The molecular weight excluding hydrogens is 392 g/mol. The highest BCUT2D eigenvalue weighted by molar-refractivity contribution is 7.12. The molecule has 1 aliphatic heterocycles. The number of carbonyl (C=O) groups excluding carboxylic acids is 2. The van der Waals surface area contributed by atoms with Crippen molar-refractivity contribution in [3.63, 3.8) is 0 Å². The number of benzene rings is 2. The number of thiophene rings is 1. The van der Waals surface area contributed by atoms with Crippen LogP contribution in [-0.2, 0) is 0 Å². The molecule has 1 amide bonds. The Bertz CT molecular complexity index is 1060.